The topological polar surface area (TPSA) is 40.7 Å². The highest BCUT2D eigenvalue weighted by Gasteiger charge is 2.01. The number of benzene rings is 1. The van der Waals surface area contributed by atoms with Gasteiger partial charge in [-0.2, -0.15) is 5.10 Å². The zero-order valence-electron chi connectivity index (χ0n) is 10.8. The maximum Gasteiger partial charge on any atom is 0.0548 e. The van der Waals surface area contributed by atoms with Crippen molar-refractivity contribution < 1.29 is 0 Å². The number of nitrogens with zero attached hydrogens (tertiary/aromatic N) is 1. The molecule has 0 saturated carbocycles. The zero-order chi connectivity index (χ0) is 13.7. The number of aryl methyl sites for hydroxylation is 2. The van der Waals surface area contributed by atoms with Gasteiger partial charge < -0.3 is 5.32 Å². The highest BCUT2D eigenvalue weighted by Crippen LogP contribution is 2.23. The fourth-order valence-corrected chi connectivity index (χ4v) is 2.46. The maximum atomic E-state index is 5.96. The number of hydrogen-bond donors (Lipinski definition) is 2. The van der Waals surface area contributed by atoms with Gasteiger partial charge in [-0.1, -0.05) is 17.7 Å². The van der Waals surface area contributed by atoms with Crippen molar-refractivity contribution >= 4 is 27.5 Å². The Bertz CT molecular complexity index is 539. The summed E-state index contributed by atoms with van der Waals surface area (Å²) >= 11 is 9.39. The van der Waals surface area contributed by atoms with Crippen molar-refractivity contribution in [2.75, 3.05) is 6.54 Å². The normalized spacial score (nSPS) is 10.9. The smallest absolute Gasteiger partial charge is 0.0548 e. The lowest BCUT2D eigenvalue weighted by molar-refractivity contribution is 0.648. The Kier molecular flexibility index (Phi) is 5.43. The Morgan fingerprint density at radius 2 is 2.26 bits per heavy atom. The third kappa shape index (κ3) is 4.34. The minimum atomic E-state index is 0.749. The average Bonchev–Trinajstić information content (AvgIpc) is 2.79. The van der Waals surface area contributed by atoms with Gasteiger partial charge in [0.2, 0.25) is 0 Å². The van der Waals surface area contributed by atoms with Crippen LogP contribution in [-0.4, -0.2) is 16.7 Å². The molecule has 1 heterocycles. The average molecular weight is 343 g/mol. The van der Waals surface area contributed by atoms with Crippen LogP contribution in [0.2, 0.25) is 5.02 Å². The maximum absolute atomic E-state index is 5.96. The van der Waals surface area contributed by atoms with Crippen LogP contribution in [0, 0.1) is 6.92 Å². The van der Waals surface area contributed by atoms with E-state index in [1.165, 1.54) is 16.8 Å². The van der Waals surface area contributed by atoms with Crippen LogP contribution in [0.25, 0.3) is 0 Å². The van der Waals surface area contributed by atoms with Gasteiger partial charge in [-0.05, 0) is 65.5 Å². The first-order chi connectivity index (χ1) is 9.16. The molecule has 0 spiro atoms. The van der Waals surface area contributed by atoms with Crippen LogP contribution < -0.4 is 5.32 Å². The number of nitrogens with one attached hydrogen (secondary N) is 2. The molecule has 0 bridgehead atoms. The summed E-state index contributed by atoms with van der Waals surface area (Å²) in [6.07, 6.45) is 4.07. The van der Waals surface area contributed by atoms with Crippen molar-refractivity contribution in [3.63, 3.8) is 0 Å². The van der Waals surface area contributed by atoms with E-state index in [1.807, 2.05) is 18.3 Å². The Labute approximate surface area is 126 Å². The molecule has 0 atom stereocenters. The quantitative estimate of drug-likeness (QED) is 0.783. The number of rotatable bonds is 6. The summed E-state index contributed by atoms with van der Waals surface area (Å²) in [7, 11) is 0. The van der Waals surface area contributed by atoms with Crippen LogP contribution in [0.1, 0.15) is 23.2 Å². The summed E-state index contributed by atoms with van der Waals surface area (Å²) in [4.78, 5) is 0. The van der Waals surface area contributed by atoms with Gasteiger partial charge in [0.05, 0.1) is 11.2 Å². The summed E-state index contributed by atoms with van der Waals surface area (Å²) in [5.74, 6) is 0. The second kappa shape index (κ2) is 7.08. The monoisotopic (exact) mass is 341 g/mol. The molecule has 0 unspecified atom stereocenters. The van der Waals surface area contributed by atoms with E-state index < -0.39 is 0 Å². The molecule has 0 aliphatic heterocycles. The summed E-state index contributed by atoms with van der Waals surface area (Å²) in [6.45, 7) is 3.91. The van der Waals surface area contributed by atoms with E-state index in [0.29, 0.717) is 0 Å². The van der Waals surface area contributed by atoms with E-state index in [1.54, 1.807) is 0 Å². The fourth-order valence-electron chi connectivity index (χ4n) is 1.91. The first-order valence-corrected chi connectivity index (χ1v) is 7.47. The molecule has 2 rings (SSSR count). The van der Waals surface area contributed by atoms with Crippen LogP contribution in [0.4, 0.5) is 0 Å². The lowest BCUT2D eigenvalue weighted by Gasteiger charge is -2.06. The first-order valence-electron chi connectivity index (χ1n) is 6.30. The number of H-pyrrole nitrogens is 1. The first kappa shape index (κ1) is 14.6. The molecule has 3 nitrogen and oxygen atoms in total. The molecule has 5 heteroatoms. The van der Waals surface area contributed by atoms with Gasteiger partial charge in [-0.25, -0.2) is 0 Å². The molecule has 2 N–H and O–H groups in total. The van der Waals surface area contributed by atoms with E-state index in [0.717, 1.165) is 35.4 Å². The van der Waals surface area contributed by atoms with Gasteiger partial charge >= 0.3 is 0 Å². The Hall–Kier alpha value is -0.840. The highest BCUT2D eigenvalue weighted by molar-refractivity contribution is 9.10. The van der Waals surface area contributed by atoms with E-state index in [9.17, 15) is 0 Å². The molecule has 0 aliphatic carbocycles. The molecule has 0 amide bonds. The largest absolute Gasteiger partial charge is 0.313 e. The summed E-state index contributed by atoms with van der Waals surface area (Å²) in [6, 6.07) is 6.01. The second-order valence-electron chi connectivity index (χ2n) is 4.55. The van der Waals surface area contributed by atoms with Crippen molar-refractivity contribution in [2.45, 2.75) is 26.3 Å². The number of aromatic amines is 1. The second-order valence-corrected chi connectivity index (χ2v) is 5.81. The van der Waals surface area contributed by atoms with Crippen molar-refractivity contribution in [2.24, 2.45) is 0 Å². The minimum Gasteiger partial charge on any atom is -0.313 e. The molecule has 19 heavy (non-hydrogen) atoms. The molecular weight excluding hydrogens is 326 g/mol. The number of hydrogen-bond acceptors (Lipinski definition) is 2. The summed E-state index contributed by atoms with van der Waals surface area (Å²) < 4.78 is 0.947. The van der Waals surface area contributed by atoms with Crippen LogP contribution in [0.15, 0.2) is 28.9 Å². The SMILES string of the molecule is Cc1[nH]ncc1CCCNCc1ccc(Cl)c(Br)c1. The molecule has 0 aliphatic rings. The van der Waals surface area contributed by atoms with E-state index in [2.05, 4.69) is 44.4 Å². The van der Waals surface area contributed by atoms with Crippen LogP contribution in [-0.2, 0) is 13.0 Å². The molecule has 1 aromatic heterocycles. The van der Waals surface area contributed by atoms with Gasteiger partial charge in [0.1, 0.15) is 0 Å². The number of halogens is 2. The fraction of sp³-hybridized carbons (Fsp3) is 0.357. The van der Waals surface area contributed by atoms with E-state index >= 15 is 0 Å². The van der Waals surface area contributed by atoms with Crippen molar-refractivity contribution in [1.29, 1.82) is 0 Å². The minimum absolute atomic E-state index is 0.749. The lowest BCUT2D eigenvalue weighted by atomic mass is 10.1. The predicted octanol–water partition coefficient (Wildman–Crippen LogP) is 3.86. The lowest BCUT2D eigenvalue weighted by Crippen LogP contribution is -2.15. The van der Waals surface area contributed by atoms with Crippen molar-refractivity contribution in [1.82, 2.24) is 15.5 Å². The van der Waals surface area contributed by atoms with Crippen molar-refractivity contribution in [3.05, 3.63) is 50.7 Å². The van der Waals surface area contributed by atoms with Gasteiger partial charge in [0, 0.05) is 16.7 Å². The predicted molar refractivity (Wildman–Crippen MR) is 82.5 cm³/mol. The van der Waals surface area contributed by atoms with Gasteiger partial charge in [-0.3, -0.25) is 5.10 Å². The summed E-state index contributed by atoms with van der Waals surface area (Å²) in [5, 5.41) is 11.2. The zero-order valence-corrected chi connectivity index (χ0v) is 13.2. The van der Waals surface area contributed by atoms with Crippen LogP contribution in [0.3, 0.4) is 0 Å². The van der Waals surface area contributed by atoms with Gasteiger partial charge in [-0.15, -0.1) is 0 Å². The standard InChI is InChI=1S/C14H17BrClN3/c1-10-12(9-18-19-10)3-2-6-17-8-11-4-5-14(16)13(15)7-11/h4-5,7,9,17H,2-3,6,8H2,1H3,(H,18,19). The van der Waals surface area contributed by atoms with Crippen molar-refractivity contribution in [3.8, 4) is 0 Å². The molecule has 1 aromatic carbocycles. The Balaban J connectivity index is 1.69. The van der Waals surface area contributed by atoms with Crippen LogP contribution >= 0.6 is 27.5 Å². The van der Waals surface area contributed by atoms with E-state index in [4.69, 9.17) is 11.6 Å². The van der Waals surface area contributed by atoms with Crippen LogP contribution in [0.5, 0.6) is 0 Å². The number of aromatic nitrogens is 2. The molecule has 2 aromatic rings. The highest BCUT2D eigenvalue weighted by atomic mass is 79.9. The Morgan fingerprint density at radius 1 is 1.42 bits per heavy atom. The van der Waals surface area contributed by atoms with Gasteiger partial charge in [0.25, 0.3) is 0 Å². The molecule has 0 saturated heterocycles. The molecule has 0 fully saturated rings. The van der Waals surface area contributed by atoms with E-state index in [-0.39, 0.29) is 0 Å². The third-order valence-electron chi connectivity index (χ3n) is 3.05. The molecule has 0 radical (unpaired) electrons. The van der Waals surface area contributed by atoms with Gasteiger partial charge in [0.15, 0.2) is 0 Å². The summed E-state index contributed by atoms with van der Waals surface area (Å²) in [5.41, 5.74) is 3.70. The Morgan fingerprint density at radius 3 is 2.95 bits per heavy atom. The third-order valence-corrected chi connectivity index (χ3v) is 4.26. The molecular formula is C14H17BrClN3. The molecule has 102 valence electrons.